The van der Waals surface area contributed by atoms with Crippen LogP contribution in [-0.4, -0.2) is 0 Å². The number of hydrogen-bond acceptors (Lipinski definition) is 0. The van der Waals surface area contributed by atoms with Crippen LogP contribution in [0.5, 0.6) is 0 Å². The Labute approximate surface area is 206 Å². The highest BCUT2D eigenvalue weighted by Gasteiger charge is 2.50. The van der Waals surface area contributed by atoms with Gasteiger partial charge in [0, 0.05) is 5.41 Å². The first-order chi connectivity index (χ1) is 15.6. The molecule has 0 amide bonds. The van der Waals surface area contributed by atoms with E-state index in [4.69, 9.17) is 0 Å². The number of fused-ring (bicyclic) bond motifs is 3. The highest BCUT2D eigenvalue weighted by Crippen LogP contribution is 2.60. The second-order valence-electron chi connectivity index (χ2n) is 12.5. The molecule has 0 saturated heterocycles. The highest BCUT2D eigenvalue weighted by atomic mass is 14.5. The minimum atomic E-state index is 0.0398. The molecule has 0 N–H and O–H groups in total. The summed E-state index contributed by atoms with van der Waals surface area (Å²) in [6, 6.07) is 0. The van der Waals surface area contributed by atoms with Crippen LogP contribution in [0.1, 0.15) is 94.5 Å². The van der Waals surface area contributed by atoms with Gasteiger partial charge < -0.3 is 0 Å². The summed E-state index contributed by atoms with van der Waals surface area (Å²) < 4.78 is 0. The molecule has 4 aromatic carbocycles. The summed E-state index contributed by atoms with van der Waals surface area (Å²) in [5.41, 5.74) is 17.9. The van der Waals surface area contributed by atoms with Crippen molar-refractivity contribution in [1.29, 1.82) is 0 Å². The average molecular weight is 451 g/mol. The van der Waals surface area contributed by atoms with Crippen molar-refractivity contribution in [1.82, 2.24) is 0 Å². The quantitative estimate of drug-likeness (QED) is 0.234. The van der Waals surface area contributed by atoms with E-state index >= 15 is 0 Å². The molecule has 5 rings (SSSR count). The Kier molecular flexibility index (Phi) is 4.58. The molecular weight excluding hydrogens is 408 g/mol. The fourth-order valence-electron chi connectivity index (χ4n) is 7.81. The fourth-order valence-corrected chi connectivity index (χ4v) is 7.81. The van der Waals surface area contributed by atoms with Crippen LogP contribution >= 0.6 is 0 Å². The minimum Gasteiger partial charge on any atom is -0.0549 e. The molecule has 0 aromatic heterocycles. The maximum atomic E-state index is 2.50. The first-order valence-corrected chi connectivity index (χ1v) is 13.0. The third-order valence-corrected chi connectivity index (χ3v) is 10.9. The molecular formula is C34H42. The number of hydrogen-bond donors (Lipinski definition) is 0. The molecule has 0 unspecified atom stereocenters. The smallest absolute Gasteiger partial charge is 0.0000795 e. The third kappa shape index (κ3) is 2.31. The zero-order valence-corrected chi connectivity index (χ0v) is 24.0. The maximum absolute atomic E-state index is 2.50. The van der Waals surface area contributed by atoms with E-state index in [1.807, 2.05) is 0 Å². The molecule has 0 radical (unpaired) electrons. The lowest BCUT2D eigenvalue weighted by atomic mass is 9.65. The fraction of sp³-hybridized carbons (Fsp3) is 0.471. The molecule has 0 spiro atoms. The van der Waals surface area contributed by atoms with Gasteiger partial charge in [-0.2, -0.15) is 0 Å². The number of aryl methyl sites for hydroxylation is 6. The van der Waals surface area contributed by atoms with Crippen molar-refractivity contribution >= 4 is 32.3 Å². The molecule has 0 bridgehead atoms. The van der Waals surface area contributed by atoms with Gasteiger partial charge in [0.05, 0.1) is 0 Å². The largest absolute Gasteiger partial charge is 0.0549 e. The topological polar surface area (TPSA) is 0 Å². The van der Waals surface area contributed by atoms with Gasteiger partial charge in [-0.05, 0) is 174 Å². The SMILES string of the molecule is Cc1c(C)c(C)c2c(C)c3c4c5c(c(C)c(C)c(C)c5c(C)c3c(C)c2c1C)C(C)(C)C4(C)C. The van der Waals surface area contributed by atoms with E-state index in [0.29, 0.717) is 0 Å². The monoisotopic (exact) mass is 450 g/mol. The Morgan fingerprint density at radius 2 is 0.559 bits per heavy atom. The predicted molar refractivity (Wildman–Crippen MR) is 152 cm³/mol. The number of rotatable bonds is 0. The van der Waals surface area contributed by atoms with E-state index in [1.54, 1.807) is 16.5 Å². The van der Waals surface area contributed by atoms with Gasteiger partial charge in [0.15, 0.2) is 0 Å². The molecule has 0 heteroatoms. The van der Waals surface area contributed by atoms with Gasteiger partial charge in [0.1, 0.15) is 0 Å². The normalized spacial score (nSPS) is 16.4. The van der Waals surface area contributed by atoms with Crippen molar-refractivity contribution in [2.75, 3.05) is 0 Å². The first kappa shape index (κ1) is 23.4. The Balaban J connectivity index is 2.27. The second kappa shape index (κ2) is 6.66. The van der Waals surface area contributed by atoms with E-state index in [-0.39, 0.29) is 10.8 Å². The Hall–Kier alpha value is -2.34. The van der Waals surface area contributed by atoms with Crippen LogP contribution in [0.3, 0.4) is 0 Å². The second-order valence-corrected chi connectivity index (χ2v) is 12.5. The third-order valence-electron chi connectivity index (χ3n) is 10.9. The summed E-state index contributed by atoms with van der Waals surface area (Å²) in [5, 5.41) is 9.07. The van der Waals surface area contributed by atoms with Gasteiger partial charge in [-0.25, -0.2) is 0 Å². The van der Waals surface area contributed by atoms with Crippen LogP contribution in [0, 0.1) is 69.2 Å². The van der Waals surface area contributed by atoms with Gasteiger partial charge in [-0.1, -0.05) is 27.7 Å². The lowest BCUT2D eigenvalue weighted by Crippen LogP contribution is -2.36. The molecule has 0 nitrogen and oxygen atoms in total. The molecule has 0 heterocycles. The standard InChI is InChI=1S/C34H42/c1-15-16(2)19(5)26-24(10)29-28(22(8)25(26)18(15)4)23(9)27-20(6)17(3)21(7)31-30(27)32(29)34(13,14)33(31,11)12/h1-14H3. The molecule has 1 aliphatic carbocycles. The molecule has 0 aliphatic heterocycles. The van der Waals surface area contributed by atoms with Gasteiger partial charge >= 0.3 is 0 Å². The Morgan fingerprint density at radius 3 is 1.00 bits per heavy atom. The van der Waals surface area contributed by atoms with Gasteiger partial charge in [-0.15, -0.1) is 0 Å². The van der Waals surface area contributed by atoms with E-state index < -0.39 is 0 Å². The molecule has 178 valence electrons. The molecule has 0 atom stereocenters. The molecule has 34 heavy (non-hydrogen) atoms. The van der Waals surface area contributed by atoms with Crippen molar-refractivity contribution in [2.24, 2.45) is 0 Å². The highest BCUT2D eigenvalue weighted by molar-refractivity contribution is 6.19. The van der Waals surface area contributed by atoms with Gasteiger partial charge in [0.25, 0.3) is 0 Å². The summed E-state index contributed by atoms with van der Waals surface area (Å²) in [6.45, 7) is 33.5. The maximum Gasteiger partial charge on any atom is 0.0000795 e. The first-order valence-electron chi connectivity index (χ1n) is 13.0. The Morgan fingerprint density at radius 1 is 0.265 bits per heavy atom. The van der Waals surface area contributed by atoms with E-state index in [2.05, 4.69) is 96.9 Å². The van der Waals surface area contributed by atoms with E-state index in [1.165, 1.54) is 82.6 Å². The molecule has 4 aromatic rings. The van der Waals surface area contributed by atoms with Gasteiger partial charge in [0.2, 0.25) is 0 Å². The zero-order chi connectivity index (χ0) is 25.4. The minimum absolute atomic E-state index is 0.0398. The van der Waals surface area contributed by atoms with Crippen molar-refractivity contribution in [2.45, 2.75) is 108 Å². The molecule has 0 saturated carbocycles. The molecule has 0 fully saturated rings. The van der Waals surface area contributed by atoms with Crippen LogP contribution in [0.4, 0.5) is 0 Å². The molecule has 1 aliphatic rings. The van der Waals surface area contributed by atoms with Crippen molar-refractivity contribution < 1.29 is 0 Å². The predicted octanol–water partition coefficient (Wildman–Crippen LogP) is 9.80. The summed E-state index contributed by atoms with van der Waals surface area (Å²) in [6.07, 6.45) is 0. The lowest BCUT2D eigenvalue weighted by Gasteiger charge is -2.38. The van der Waals surface area contributed by atoms with Crippen LogP contribution in [0.25, 0.3) is 32.3 Å². The summed E-state index contributed by atoms with van der Waals surface area (Å²) in [5.74, 6) is 0. The van der Waals surface area contributed by atoms with E-state index in [0.717, 1.165) is 0 Å². The zero-order valence-electron chi connectivity index (χ0n) is 24.0. The number of benzene rings is 4. The summed E-state index contributed by atoms with van der Waals surface area (Å²) in [4.78, 5) is 0. The van der Waals surface area contributed by atoms with Crippen LogP contribution < -0.4 is 0 Å². The lowest BCUT2D eigenvalue weighted by molar-refractivity contribution is 0.323. The van der Waals surface area contributed by atoms with E-state index in [9.17, 15) is 0 Å². The Bertz CT molecular complexity index is 1620. The van der Waals surface area contributed by atoms with Crippen molar-refractivity contribution in [3.8, 4) is 0 Å². The van der Waals surface area contributed by atoms with Crippen LogP contribution in [0.2, 0.25) is 0 Å². The van der Waals surface area contributed by atoms with Crippen molar-refractivity contribution in [3.63, 3.8) is 0 Å². The average Bonchev–Trinajstić information content (AvgIpc) is 2.91. The van der Waals surface area contributed by atoms with Crippen LogP contribution in [-0.2, 0) is 10.8 Å². The van der Waals surface area contributed by atoms with Gasteiger partial charge in [-0.3, -0.25) is 0 Å². The van der Waals surface area contributed by atoms with Crippen LogP contribution in [0.15, 0.2) is 0 Å². The summed E-state index contributed by atoms with van der Waals surface area (Å²) >= 11 is 0. The van der Waals surface area contributed by atoms with Crippen molar-refractivity contribution in [3.05, 3.63) is 66.8 Å². The summed E-state index contributed by atoms with van der Waals surface area (Å²) in [7, 11) is 0.